The summed E-state index contributed by atoms with van der Waals surface area (Å²) in [6.07, 6.45) is 7.35. The number of hydrogen-bond acceptors (Lipinski definition) is 6. The van der Waals surface area contributed by atoms with E-state index in [0.29, 0.717) is 6.54 Å². The first-order chi connectivity index (χ1) is 15.1. The third-order valence-electron chi connectivity index (χ3n) is 3.93. The lowest BCUT2D eigenvalue weighted by molar-refractivity contribution is 1.13. The monoisotopic (exact) mass is 431 g/mol. The summed E-state index contributed by atoms with van der Waals surface area (Å²) in [6, 6.07) is 18.1. The molecule has 6 heteroatoms. The van der Waals surface area contributed by atoms with Gasteiger partial charge in [0.15, 0.2) is 0 Å². The van der Waals surface area contributed by atoms with Crippen LogP contribution >= 0.6 is 11.8 Å². The Hall–Kier alpha value is -3.38. The summed E-state index contributed by atoms with van der Waals surface area (Å²) in [7, 11) is 0. The van der Waals surface area contributed by atoms with Crippen LogP contribution in [-0.4, -0.2) is 24.4 Å². The topological polar surface area (TPSA) is 75.1 Å². The lowest BCUT2D eigenvalue weighted by Gasteiger charge is -2.10. The molecule has 5 nitrogen and oxygen atoms in total. The maximum Gasteiger partial charge on any atom is 0.216 e. The van der Waals surface area contributed by atoms with Gasteiger partial charge in [-0.3, -0.25) is 4.99 Å². The Balaban J connectivity index is 0.00000166. The van der Waals surface area contributed by atoms with Crippen molar-refractivity contribution in [1.82, 2.24) is 0 Å². The SMILES string of the molecule is C=C(/C=C\N=CC)Sc1ccc(NC2=CC(c3ccccc3)=NC(N)=NC2)cc1.CC. The maximum atomic E-state index is 5.90. The van der Waals surface area contributed by atoms with Gasteiger partial charge in [-0.05, 0) is 43.3 Å². The van der Waals surface area contributed by atoms with Gasteiger partial charge in [0.25, 0.3) is 0 Å². The number of aliphatic imine (C=N–C) groups is 3. The number of hydrogen-bond donors (Lipinski definition) is 2. The average molecular weight is 432 g/mol. The van der Waals surface area contributed by atoms with Gasteiger partial charge in [0.05, 0.1) is 12.3 Å². The summed E-state index contributed by atoms with van der Waals surface area (Å²) >= 11 is 1.60. The van der Waals surface area contributed by atoms with Crippen molar-refractivity contribution < 1.29 is 0 Å². The molecule has 1 aliphatic heterocycles. The number of nitrogens with zero attached hydrogens (tertiary/aromatic N) is 3. The zero-order chi connectivity index (χ0) is 22.5. The molecule has 0 spiro atoms. The van der Waals surface area contributed by atoms with Crippen LogP contribution in [0.1, 0.15) is 26.3 Å². The van der Waals surface area contributed by atoms with Crippen molar-refractivity contribution in [2.24, 2.45) is 20.7 Å². The molecule has 0 unspecified atom stereocenters. The van der Waals surface area contributed by atoms with Crippen molar-refractivity contribution >= 4 is 35.3 Å². The van der Waals surface area contributed by atoms with Crippen LogP contribution in [0, 0.1) is 0 Å². The van der Waals surface area contributed by atoms with Crippen molar-refractivity contribution in [2.75, 3.05) is 11.9 Å². The number of anilines is 1. The highest BCUT2D eigenvalue weighted by atomic mass is 32.2. The molecule has 1 aliphatic rings. The van der Waals surface area contributed by atoms with Gasteiger partial charge in [-0.1, -0.05) is 62.5 Å². The van der Waals surface area contributed by atoms with Crippen LogP contribution in [0.3, 0.4) is 0 Å². The van der Waals surface area contributed by atoms with Crippen LogP contribution in [0.15, 0.2) is 110 Å². The fourth-order valence-corrected chi connectivity index (χ4v) is 3.29. The Morgan fingerprint density at radius 3 is 2.52 bits per heavy atom. The fourth-order valence-electron chi connectivity index (χ4n) is 2.59. The van der Waals surface area contributed by atoms with Crippen LogP contribution < -0.4 is 11.1 Å². The first kappa shape index (κ1) is 23.9. The minimum Gasteiger partial charge on any atom is -0.368 e. The Labute approximate surface area is 189 Å². The van der Waals surface area contributed by atoms with Crippen molar-refractivity contribution in [3.63, 3.8) is 0 Å². The largest absolute Gasteiger partial charge is 0.368 e. The van der Waals surface area contributed by atoms with Crippen LogP contribution in [-0.2, 0) is 0 Å². The van der Waals surface area contributed by atoms with Crippen LogP contribution in [0.25, 0.3) is 0 Å². The molecule has 3 rings (SSSR count). The molecule has 0 radical (unpaired) electrons. The predicted octanol–water partition coefficient (Wildman–Crippen LogP) is 6.04. The van der Waals surface area contributed by atoms with Crippen LogP contribution in [0.4, 0.5) is 5.69 Å². The van der Waals surface area contributed by atoms with E-state index in [-0.39, 0.29) is 5.96 Å². The van der Waals surface area contributed by atoms with Gasteiger partial charge in [0, 0.05) is 39.2 Å². The molecule has 3 N–H and O–H groups in total. The van der Waals surface area contributed by atoms with E-state index in [4.69, 9.17) is 5.73 Å². The standard InChI is InChI=1S/C23H23N5S.C2H6/c1-3-25-14-13-17(2)29-21-11-9-19(10-12-21)27-20-15-22(28-23(24)26-16-20)18-7-5-4-6-8-18;1-2/h3-15,27H,2,16H2,1H3,(H2,24,26);1-2H3/b14-13-,25-3?;. The van der Waals surface area contributed by atoms with Crippen molar-refractivity contribution in [2.45, 2.75) is 25.7 Å². The quantitative estimate of drug-likeness (QED) is 0.319. The molecule has 2 aromatic carbocycles. The van der Waals surface area contributed by atoms with Gasteiger partial charge in [-0.15, -0.1) is 0 Å². The second kappa shape index (κ2) is 13.0. The summed E-state index contributed by atoms with van der Waals surface area (Å²) in [4.78, 5) is 14.8. The van der Waals surface area contributed by atoms with Gasteiger partial charge in [-0.2, -0.15) is 0 Å². The van der Waals surface area contributed by atoms with Gasteiger partial charge in [0.1, 0.15) is 0 Å². The van der Waals surface area contributed by atoms with E-state index in [0.717, 1.165) is 32.5 Å². The highest BCUT2D eigenvalue weighted by molar-refractivity contribution is 8.03. The van der Waals surface area contributed by atoms with Crippen molar-refractivity contribution in [3.05, 3.63) is 95.7 Å². The molecular weight excluding hydrogens is 402 g/mol. The molecule has 0 fully saturated rings. The number of thioether (sulfide) groups is 1. The molecule has 0 aromatic heterocycles. The van der Waals surface area contributed by atoms with E-state index in [1.807, 2.05) is 75.4 Å². The van der Waals surface area contributed by atoms with Gasteiger partial charge < -0.3 is 11.1 Å². The summed E-state index contributed by atoms with van der Waals surface area (Å²) in [5, 5.41) is 3.42. The number of rotatable bonds is 7. The van der Waals surface area contributed by atoms with E-state index in [1.165, 1.54) is 0 Å². The highest BCUT2D eigenvalue weighted by Gasteiger charge is 2.09. The van der Waals surface area contributed by atoms with Crippen molar-refractivity contribution in [1.29, 1.82) is 0 Å². The summed E-state index contributed by atoms with van der Waals surface area (Å²) in [5.41, 5.74) is 9.59. The smallest absolute Gasteiger partial charge is 0.216 e. The zero-order valence-electron chi connectivity index (χ0n) is 18.2. The zero-order valence-corrected chi connectivity index (χ0v) is 19.1. The number of allylic oxidation sites excluding steroid dienone is 2. The molecule has 0 atom stereocenters. The normalized spacial score (nSPS) is 13.6. The summed E-state index contributed by atoms with van der Waals surface area (Å²) in [5.74, 6) is 0.280. The fraction of sp³-hybridized carbons (Fsp3) is 0.160. The van der Waals surface area contributed by atoms with Gasteiger partial charge in [-0.25, -0.2) is 9.98 Å². The van der Waals surface area contributed by atoms with E-state index in [2.05, 4.69) is 39.0 Å². The molecule has 0 aliphatic carbocycles. The van der Waals surface area contributed by atoms with E-state index >= 15 is 0 Å². The molecule has 160 valence electrons. The predicted molar refractivity (Wildman–Crippen MR) is 137 cm³/mol. The van der Waals surface area contributed by atoms with Crippen LogP contribution in [0.5, 0.6) is 0 Å². The summed E-state index contributed by atoms with van der Waals surface area (Å²) in [6.45, 7) is 10.4. The van der Waals surface area contributed by atoms with Crippen molar-refractivity contribution in [3.8, 4) is 0 Å². The second-order valence-electron chi connectivity index (χ2n) is 6.15. The van der Waals surface area contributed by atoms with Gasteiger partial charge in [0.2, 0.25) is 5.96 Å². The highest BCUT2D eigenvalue weighted by Crippen LogP contribution is 2.27. The number of nitrogens with one attached hydrogen (secondary N) is 1. The molecule has 31 heavy (non-hydrogen) atoms. The Morgan fingerprint density at radius 1 is 1.13 bits per heavy atom. The van der Waals surface area contributed by atoms with E-state index < -0.39 is 0 Å². The van der Waals surface area contributed by atoms with E-state index in [9.17, 15) is 0 Å². The molecule has 0 bridgehead atoms. The van der Waals surface area contributed by atoms with E-state index in [1.54, 1.807) is 24.2 Å². The molecule has 2 aromatic rings. The minimum atomic E-state index is 0.280. The lowest BCUT2D eigenvalue weighted by atomic mass is 10.1. The summed E-state index contributed by atoms with van der Waals surface area (Å²) < 4.78 is 0. The second-order valence-corrected chi connectivity index (χ2v) is 7.35. The van der Waals surface area contributed by atoms with Gasteiger partial charge >= 0.3 is 0 Å². The number of benzene rings is 2. The molecule has 0 amide bonds. The average Bonchev–Trinajstić information content (AvgIpc) is 2.98. The first-order valence-electron chi connectivity index (χ1n) is 10.2. The molecular formula is C25H29N5S. The Kier molecular flexibility index (Phi) is 10.0. The molecule has 0 saturated heterocycles. The first-order valence-corrected chi connectivity index (χ1v) is 11.0. The Morgan fingerprint density at radius 2 is 1.84 bits per heavy atom. The number of nitrogens with two attached hydrogens (primary N) is 1. The third-order valence-corrected chi connectivity index (χ3v) is 4.84. The third kappa shape index (κ3) is 8.10. The lowest BCUT2D eigenvalue weighted by Crippen LogP contribution is -2.11. The number of guanidine groups is 1. The minimum absolute atomic E-state index is 0.280. The van der Waals surface area contributed by atoms with Crippen LogP contribution in [0.2, 0.25) is 0 Å². The molecule has 1 heterocycles. The maximum absolute atomic E-state index is 5.90. The molecule has 0 saturated carbocycles. The Bertz CT molecular complexity index is 1000.